The summed E-state index contributed by atoms with van der Waals surface area (Å²) in [6.07, 6.45) is 0.225. The van der Waals surface area contributed by atoms with Crippen molar-refractivity contribution in [1.29, 1.82) is 0 Å². The summed E-state index contributed by atoms with van der Waals surface area (Å²) in [4.78, 5) is 8.49. The summed E-state index contributed by atoms with van der Waals surface area (Å²) < 4.78 is 10.9. The van der Waals surface area contributed by atoms with Gasteiger partial charge >= 0.3 is 0 Å². The van der Waals surface area contributed by atoms with Crippen LogP contribution in [0.2, 0.25) is 0 Å². The lowest BCUT2D eigenvalue weighted by Crippen LogP contribution is -2.12. The summed E-state index contributed by atoms with van der Waals surface area (Å²) in [7, 11) is 0. The first-order valence-electron chi connectivity index (χ1n) is 5.95. The summed E-state index contributed by atoms with van der Waals surface area (Å²) >= 11 is 0. The number of ether oxygens (including phenoxy) is 2. The maximum atomic E-state index is 5.51. The molecule has 1 rings (SSSR count). The van der Waals surface area contributed by atoms with Crippen LogP contribution in [0.3, 0.4) is 0 Å². The smallest absolute Gasteiger partial charge is 0.226 e. The Balaban J connectivity index is 2.46. The van der Waals surface area contributed by atoms with E-state index in [-0.39, 0.29) is 6.10 Å². The fourth-order valence-corrected chi connectivity index (χ4v) is 1.28. The van der Waals surface area contributed by atoms with Gasteiger partial charge in [-0.1, -0.05) is 0 Å². The molecule has 0 aliphatic heterocycles. The minimum absolute atomic E-state index is 0.225. The Bertz CT molecular complexity index is 343. The predicted molar refractivity (Wildman–Crippen MR) is 67.5 cm³/mol. The first-order valence-corrected chi connectivity index (χ1v) is 5.95. The zero-order valence-electron chi connectivity index (χ0n) is 11.0. The van der Waals surface area contributed by atoms with E-state index < -0.39 is 0 Å². The van der Waals surface area contributed by atoms with Gasteiger partial charge in [-0.25, -0.2) is 4.98 Å². The number of aromatic nitrogens is 2. The van der Waals surface area contributed by atoms with Gasteiger partial charge in [0.15, 0.2) is 0 Å². The van der Waals surface area contributed by atoms with Crippen LogP contribution in [0.4, 0.5) is 5.95 Å². The molecule has 17 heavy (non-hydrogen) atoms. The molecule has 0 fully saturated rings. The van der Waals surface area contributed by atoms with Crippen LogP contribution in [0, 0.1) is 6.92 Å². The Kier molecular flexibility index (Phi) is 5.69. The lowest BCUT2D eigenvalue weighted by atomic mass is 10.4. The Morgan fingerprint density at radius 1 is 1.29 bits per heavy atom. The average molecular weight is 239 g/mol. The molecule has 0 saturated heterocycles. The van der Waals surface area contributed by atoms with E-state index in [0.29, 0.717) is 25.0 Å². The second kappa shape index (κ2) is 7.06. The molecule has 0 aliphatic carbocycles. The molecule has 1 aromatic rings. The van der Waals surface area contributed by atoms with E-state index in [9.17, 15) is 0 Å². The van der Waals surface area contributed by atoms with Crippen molar-refractivity contribution in [3.8, 4) is 5.88 Å². The second-order valence-corrected chi connectivity index (χ2v) is 3.97. The average Bonchev–Trinajstić information content (AvgIpc) is 2.24. The molecule has 0 saturated carbocycles. The third kappa shape index (κ3) is 5.49. The number of hydrogen-bond acceptors (Lipinski definition) is 5. The Labute approximate surface area is 103 Å². The molecule has 0 aliphatic rings. The van der Waals surface area contributed by atoms with Crippen LogP contribution < -0.4 is 10.1 Å². The number of aryl methyl sites for hydroxylation is 1. The predicted octanol–water partition coefficient (Wildman–Crippen LogP) is 2.02. The molecule has 0 spiro atoms. The van der Waals surface area contributed by atoms with Crippen molar-refractivity contribution in [3.05, 3.63) is 11.8 Å². The van der Waals surface area contributed by atoms with Gasteiger partial charge in [0.2, 0.25) is 11.8 Å². The molecule has 1 heterocycles. The molecule has 96 valence electrons. The van der Waals surface area contributed by atoms with Gasteiger partial charge < -0.3 is 14.8 Å². The van der Waals surface area contributed by atoms with Crippen molar-refractivity contribution in [2.75, 3.05) is 25.1 Å². The molecule has 5 heteroatoms. The monoisotopic (exact) mass is 239 g/mol. The molecule has 0 aromatic carbocycles. The van der Waals surface area contributed by atoms with Gasteiger partial charge in [-0.15, -0.1) is 0 Å². The van der Waals surface area contributed by atoms with Gasteiger partial charge in [-0.2, -0.15) is 4.98 Å². The maximum Gasteiger partial charge on any atom is 0.226 e. The van der Waals surface area contributed by atoms with E-state index >= 15 is 0 Å². The molecule has 1 N–H and O–H groups in total. The highest BCUT2D eigenvalue weighted by atomic mass is 16.5. The molecule has 0 radical (unpaired) electrons. The van der Waals surface area contributed by atoms with Gasteiger partial charge in [0.1, 0.15) is 6.61 Å². The van der Waals surface area contributed by atoms with Crippen LogP contribution in [0.1, 0.15) is 26.5 Å². The fraction of sp³-hybridized carbons (Fsp3) is 0.667. The lowest BCUT2D eigenvalue weighted by molar-refractivity contribution is 0.0542. The summed E-state index contributed by atoms with van der Waals surface area (Å²) in [5.41, 5.74) is 0.885. The maximum absolute atomic E-state index is 5.51. The number of nitrogens with zero attached hydrogens (tertiary/aromatic N) is 2. The van der Waals surface area contributed by atoms with Crippen molar-refractivity contribution in [3.63, 3.8) is 0 Å². The van der Waals surface area contributed by atoms with E-state index in [0.717, 1.165) is 12.2 Å². The quantitative estimate of drug-likeness (QED) is 0.738. The van der Waals surface area contributed by atoms with Gasteiger partial charge in [-0.3, -0.25) is 0 Å². The van der Waals surface area contributed by atoms with Crippen LogP contribution in [-0.2, 0) is 4.74 Å². The lowest BCUT2D eigenvalue weighted by Gasteiger charge is -2.10. The third-order valence-electron chi connectivity index (χ3n) is 1.95. The minimum Gasteiger partial charge on any atom is -0.475 e. The first-order chi connectivity index (χ1) is 8.11. The normalized spacial score (nSPS) is 10.6. The summed E-state index contributed by atoms with van der Waals surface area (Å²) in [6, 6.07) is 1.82. The van der Waals surface area contributed by atoms with E-state index in [1.54, 1.807) is 0 Å². The molecule has 1 aromatic heterocycles. The van der Waals surface area contributed by atoms with Gasteiger partial charge in [0.05, 0.1) is 12.7 Å². The molecule has 0 bridgehead atoms. The Morgan fingerprint density at radius 3 is 2.71 bits per heavy atom. The van der Waals surface area contributed by atoms with Crippen LogP contribution in [0.25, 0.3) is 0 Å². The number of hydrogen-bond donors (Lipinski definition) is 1. The van der Waals surface area contributed by atoms with E-state index in [2.05, 4.69) is 15.3 Å². The van der Waals surface area contributed by atoms with E-state index in [1.165, 1.54) is 0 Å². The molecule has 0 amide bonds. The van der Waals surface area contributed by atoms with Crippen LogP contribution in [-0.4, -0.2) is 35.8 Å². The zero-order valence-corrected chi connectivity index (χ0v) is 11.0. The topological polar surface area (TPSA) is 56.3 Å². The summed E-state index contributed by atoms with van der Waals surface area (Å²) in [6.45, 7) is 9.77. The molecule has 0 unspecified atom stereocenters. The van der Waals surface area contributed by atoms with Crippen molar-refractivity contribution >= 4 is 5.95 Å². The van der Waals surface area contributed by atoms with Crippen molar-refractivity contribution < 1.29 is 9.47 Å². The fourth-order valence-electron chi connectivity index (χ4n) is 1.28. The van der Waals surface area contributed by atoms with Gasteiger partial charge in [0.25, 0.3) is 0 Å². The highest BCUT2D eigenvalue weighted by molar-refractivity contribution is 5.30. The van der Waals surface area contributed by atoms with E-state index in [1.807, 2.05) is 33.8 Å². The SMILES string of the molecule is CCNc1nc(C)cc(OCCOC(C)C)n1. The second-order valence-electron chi connectivity index (χ2n) is 3.97. The van der Waals surface area contributed by atoms with Crippen molar-refractivity contribution in [2.45, 2.75) is 33.8 Å². The van der Waals surface area contributed by atoms with Gasteiger partial charge in [-0.05, 0) is 27.7 Å². The van der Waals surface area contributed by atoms with Crippen LogP contribution >= 0.6 is 0 Å². The number of anilines is 1. The molecule has 0 atom stereocenters. The largest absolute Gasteiger partial charge is 0.475 e. The van der Waals surface area contributed by atoms with Crippen LogP contribution in [0.15, 0.2) is 6.07 Å². The zero-order chi connectivity index (χ0) is 12.7. The first kappa shape index (κ1) is 13.7. The summed E-state index contributed by atoms with van der Waals surface area (Å²) in [5.74, 6) is 1.19. The number of rotatable bonds is 7. The Hall–Kier alpha value is -1.36. The highest BCUT2D eigenvalue weighted by Gasteiger charge is 2.02. The molecule has 5 nitrogen and oxygen atoms in total. The van der Waals surface area contributed by atoms with Gasteiger partial charge in [0, 0.05) is 18.3 Å². The Morgan fingerprint density at radius 2 is 2.06 bits per heavy atom. The number of nitrogens with one attached hydrogen (secondary N) is 1. The van der Waals surface area contributed by atoms with Crippen LogP contribution in [0.5, 0.6) is 5.88 Å². The summed E-state index contributed by atoms with van der Waals surface area (Å²) in [5, 5.41) is 3.06. The molecular weight excluding hydrogens is 218 g/mol. The van der Waals surface area contributed by atoms with Crippen molar-refractivity contribution in [1.82, 2.24) is 9.97 Å². The third-order valence-corrected chi connectivity index (χ3v) is 1.95. The minimum atomic E-state index is 0.225. The highest BCUT2D eigenvalue weighted by Crippen LogP contribution is 2.11. The standard InChI is InChI=1S/C12H21N3O2/c1-5-13-12-14-10(4)8-11(15-12)17-7-6-16-9(2)3/h8-9H,5-7H2,1-4H3,(H,13,14,15). The van der Waals surface area contributed by atoms with Crippen molar-refractivity contribution in [2.24, 2.45) is 0 Å². The van der Waals surface area contributed by atoms with E-state index in [4.69, 9.17) is 9.47 Å². The molecular formula is C12H21N3O2.